The van der Waals surface area contributed by atoms with E-state index in [2.05, 4.69) is 5.32 Å². The Kier molecular flexibility index (Phi) is 3.18. The minimum absolute atomic E-state index is 0.0691. The molecule has 0 radical (unpaired) electrons. The number of halogens is 3. The van der Waals surface area contributed by atoms with Gasteiger partial charge in [-0.15, -0.1) is 0 Å². The van der Waals surface area contributed by atoms with E-state index in [1.807, 2.05) is 0 Å². The van der Waals surface area contributed by atoms with Gasteiger partial charge in [-0.3, -0.25) is 5.32 Å². The molecule has 2 N–H and O–H groups in total. The highest BCUT2D eigenvalue weighted by molar-refractivity contribution is 5.26. The average Bonchev–Trinajstić information content (AvgIpc) is 2.83. The van der Waals surface area contributed by atoms with Crippen molar-refractivity contribution in [3.05, 3.63) is 24.0 Å². The van der Waals surface area contributed by atoms with E-state index in [4.69, 9.17) is 5.11 Å². The third-order valence-electron chi connectivity index (χ3n) is 3.24. The lowest BCUT2D eigenvalue weighted by atomic mass is 9.90. The zero-order chi connectivity index (χ0) is 12.5. The third kappa shape index (κ3) is 2.07. The number of nitrogens with one attached hydrogen (secondary N) is 1. The summed E-state index contributed by atoms with van der Waals surface area (Å²) in [6.07, 6.45) is -0.680. The number of aliphatic hydroxyl groups excluding tert-OH is 1. The van der Waals surface area contributed by atoms with Crippen molar-refractivity contribution in [1.82, 2.24) is 9.88 Å². The Hall–Kier alpha value is -1.01. The molecule has 17 heavy (non-hydrogen) atoms. The summed E-state index contributed by atoms with van der Waals surface area (Å²) in [5, 5.41) is 11.3. The lowest BCUT2D eigenvalue weighted by molar-refractivity contribution is -0.196. The van der Waals surface area contributed by atoms with E-state index in [0.29, 0.717) is 19.5 Å². The van der Waals surface area contributed by atoms with Gasteiger partial charge in [0.1, 0.15) is 5.54 Å². The second-order valence-corrected chi connectivity index (χ2v) is 4.30. The summed E-state index contributed by atoms with van der Waals surface area (Å²) in [7, 11) is 0. The number of nitrogens with zero attached hydrogens (tertiary/aromatic N) is 1. The minimum atomic E-state index is -4.30. The first-order chi connectivity index (χ1) is 7.99. The molecule has 1 aliphatic rings. The molecule has 0 saturated carbocycles. The van der Waals surface area contributed by atoms with Crippen LogP contribution in [0.5, 0.6) is 0 Å². The van der Waals surface area contributed by atoms with Crippen molar-refractivity contribution >= 4 is 0 Å². The zero-order valence-corrected chi connectivity index (χ0v) is 9.30. The summed E-state index contributed by atoms with van der Waals surface area (Å²) < 4.78 is 41.1. The summed E-state index contributed by atoms with van der Waals surface area (Å²) in [4.78, 5) is 0. The number of aliphatic hydroxyl groups is 1. The Morgan fingerprint density at radius 1 is 1.47 bits per heavy atom. The van der Waals surface area contributed by atoms with Crippen molar-refractivity contribution in [2.45, 2.75) is 31.1 Å². The molecule has 96 valence electrons. The predicted octanol–water partition coefficient (Wildman–Crippen LogP) is 1.62. The van der Waals surface area contributed by atoms with Crippen molar-refractivity contribution in [3.8, 4) is 0 Å². The smallest absolute Gasteiger partial charge is 0.395 e. The van der Waals surface area contributed by atoms with E-state index in [-0.39, 0.29) is 18.6 Å². The Balaban J connectivity index is 2.33. The van der Waals surface area contributed by atoms with Gasteiger partial charge in [0.15, 0.2) is 0 Å². The molecule has 0 aromatic carbocycles. The predicted molar refractivity (Wildman–Crippen MR) is 56.5 cm³/mol. The van der Waals surface area contributed by atoms with Crippen LogP contribution in [0.3, 0.4) is 0 Å². The fraction of sp³-hybridized carbons (Fsp3) is 0.636. The van der Waals surface area contributed by atoms with E-state index in [1.54, 1.807) is 10.8 Å². The van der Waals surface area contributed by atoms with E-state index < -0.39 is 11.7 Å². The van der Waals surface area contributed by atoms with E-state index in [9.17, 15) is 13.2 Å². The SMILES string of the molecule is OCCn1ccc(C2(C(F)(F)F)CCCN2)c1. The van der Waals surface area contributed by atoms with Gasteiger partial charge in [0.25, 0.3) is 0 Å². The number of aromatic nitrogens is 1. The summed E-state index contributed by atoms with van der Waals surface area (Å²) in [6.45, 7) is 0.610. The van der Waals surface area contributed by atoms with Crippen molar-refractivity contribution in [3.63, 3.8) is 0 Å². The molecule has 2 heterocycles. The third-order valence-corrected chi connectivity index (χ3v) is 3.24. The second-order valence-electron chi connectivity index (χ2n) is 4.30. The largest absolute Gasteiger partial charge is 0.410 e. The molecule has 1 atom stereocenters. The van der Waals surface area contributed by atoms with Gasteiger partial charge in [0, 0.05) is 18.9 Å². The topological polar surface area (TPSA) is 37.2 Å². The van der Waals surface area contributed by atoms with Gasteiger partial charge in [-0.05, 0) is 31.0 Å². The zero-order valence-electron chi connectivity index (χ0n) is 9.30. The van der Waals surface area contributed by atoms with E-state index in [0.717, 1.165) is 0 Å². The van der Waals surface area contributed by atoms with Crippen LogP contribution in [0, 0.1) is 0 Å². The average molecular weight is 248 g/mol. The van der Waals surface area contributed by atoms with Gasteiger partial charge >= 0.3 is 6.18 Å². The normalized spacial score (nSPS) is 25.4. The fourth-order valence-electron chi connectivity index (χ4n) is 2.34. The highest BCUT2D eigenvalue weighted by Gasteiger charge is 2.57. The molecule has 1 saturated heterocycles. The first-order valence-electron chi connectivity index (χ1n) is 5.58. The summed E-state index contributed by atoms with van der Waals surface area (Å²) >= 11 is 0. The maximum absolute atomic E-state index is 13.2. The first-order valence-corrected chi connectivity index (χ1v) is 5.58. The fourth-order valence-corrected chi connectivity index (χ4v) is 2.34. The van der Waals surface area contributed by atoms with Gasteiger partial charge in [-0.2, -0.15) is 13.2 Å². The van der Waals surface area contributed by atoms with Crippen LogP contribution in [-0.2, 0) is 12.1 Å². The van der Waals surface area contributed by atoms with Crippen LogP contribution in [0.1, 0.15) is 18.4 Å². The molecular formula is C11H15F3N2O. The lowest BCUT2D eigenvalue weighted by Crippen LogP contribution is -2.49. The number of rotatable bonds is 3. The highest BCUT2D eigenvalue weighted by Crippen LogP contribution is 2.44. The Bertz CT molecular complexity index is 380. The lowest BCUT2D eigenvalue weighted by Gasteiger charge is -2.31. The van der Waals surface area contributed by atoms with Crippen molar-refractivity contribution < 1.29 is 18.3 Å². The maximum Gasteiger partial charge on any atom is 0.410 e. The molecule has 3 nitrogen and oxygen atoms in total. The van der Waals surface area contributed by atoms with Crippen molar-refractivity contribution in [2.75, 3.05) is 13.2 Å². The standard InChI is InChI=1S/C11H15F3N2O/c12-11(13,14)10(3-1-4-15-10)9-2-5-16(8-9)6-7-17/h2,5,8,15,17H,1,3-4,6-7H2. The van der Waals surface area contributed by atoms with Crippen LogP contribution in [-0.4, -0.2) is 29.0 Å². The van der Waals surface area contributed by atoms with Gasteiger partial charge in [-0.25, -0.2) is 0 Å². The molecule has 6 heteroatoms. The van der Waals surface area contributed by atoms with E-state index >= 15 is 0 Å². The van der Waals surface area contributed by atoms with Crippen LogP contribution < -0.4 is 5.32 Å². The molecule has 1 fully saturated rings. The maximum atomic E-state index is 13.2. The Morgan fingerprint density at radius 2 is 2.24 bits per heavy atom. The molecule has 1 aromatic rings. The Morgan fingerprint density at radius 3 is 2.76 bits per heavy atom. The van der Waals surface area contributed by atoms with Gasteiger partial charge in [-0.1, -0.05) is 0 Å². The molecule has 0 bridgehead atoms. The second kappa shape index (κ2) is 4.34. The molecule has 2 rings (SSSR count). The number of hydrogen-bond acceptors (Lipinski definition) is 2. The molecule has 1 aliphatic heterocycles. The van der Waals surface area contributed by atoms with Crippen molar-refractivity contribution in [2.24, 2.45) is 0 Å². The number of alkyl halides is 3. The molecular weight excluding hydrogens is 233 g/mol. The number of hydrogen-bond donors (Lipinski definition) is 2. The summed E-state index contributed by atoms with van der Waals surface area (Å²) in [5.41, 5.74) is -1.68. The minimum Gasteiger partial charge on any atom is -0.395 e. The summed E-state index contributed by atoms with van der Waals surface area (Å²) in [5.74, 6) is 0. The van der Waals surface area contributed by atoms with Crippen LogP contribution >= 0.6 is 0 Å². The van der Waals surface area contributed by atoms with Crippen LogP contribution in [0.25, 0.3) is 0 Å². The summed E-state index contributed by atoms with van der Waals surface area (Å²) in [6, 6.07) is 1.47. The molecule has 1 aromatic heterocycles. The molecule has 1 unspecified atom stereocenters. The Labute approximate surface area is 97.2 Å². The van der Waals surface area contributed by atoms with Gasteiger partial charge < -0.3 is 9.67 Å². The van der Waals surface area contributed by atoms with Crippen LogP contribution in [0.15, 0.2) is 18.5 Å². The molecule has 0 aliphatic carbocycles. The molecule has 0 amide bonds. The van der Waals surface area contributed by atoms with Crippen LogP contribution in [0.2, 0.25) is 0 Å². The first kappa shape index (κ1) is 12.4. The van der Waals surface area contributed by atoms with E-state index in [1.165, 1.54) is 12.3 Å². The monoisotopic (exact) mass is 248 g/mol. The highest BCUT2D eigenvalue weighted by atomic mass is 19.4. The van der Waals surface area contributed by atoms with Gasteiger partial charge in [0.05, 0.1) is 6.61 Å². The van der Waals surface area contributed by atoms with Crippen LogP contribution in [0.4, 0.5) is 13.2 Å². The van der Waals surface area contributed by atoms with Crippen molar-refractivity contribution in [1.29, 1.82) is 0 Å². The quantitative estimate of drug-likeness (QED) is 0.853. The van der Waals surface area contributed by atoms with Gasteiger partial charge in [0.2, 0.25) is 0 Å². The molecule has 0 spiro atoms.